The lowest BCUT2D eigenvalue weighted by Gasteiger charge is -2.12. The molecule has 100 valence electrons. The van der Waals surface area contributed by atoms with Crippen LogP contribution in [0.25, 0.3) is 0 Å². The zero-order valence-electron chi connectivity index (χ0n) is 10.7. The van der Waals surface area contributed by atoms with Gasteiger partial charge in [0.1, 0.15) is 0 Å². The fraction of sp³-hybridized carbons (Fsp3) is 0.250. The highest BCUT2D eigenvalue weighted by molar-refractivity contribution is 5.24. The molecule has 0 heterocycles. The maximum atomic E-state index is 13.5. The van der Waals surface area contributed by atoms with Crippen LogP contribution in [0.5, 0.6) is 0 Å². The standard InChI is InChI=1S/C16H16F2O/c1-11-4-2-5-12(8-11)9-14(19)10-13-6-3-7-15(17)16(13)18/h2-8,14,19H,9-10H2,1H3. The van der Waals surface area contributed by atoms with E-state index in [0.717, 1.165) is 17.2 Å². The van der Waals surface area contributed by atoms with Crippen LogP contribution in [0.1, 0.15) is 16.7 Å². The molecule has 3 heteroatoms. The molecule has 0 spiro atoms. The summed E-state index contributed by atoms with van der Waals surface area (Å²) < 4.78 is 26.5. The summed E-state index contributed by atoms with van der Waals surface area (Å²) in [5.41, 5.74) is 2.31. The summed E-state index contributed by atoms with van der Waals surface area (Å²) in [6, 6.07) is 11.8. The van der Waals surface area contributed by atoms with Crippen LogP contribution in [0.15, 0.2) is 42.5 Å². The first kappa shape index (κ1) is 13.7. The third-order valence-corrected chi connectivity index (χ3v) is 3.04. The first-order chi connectivity index (χ1) is 9.06. The Labute approximate surface area is 111 Å². The summed E-state index contributed by atoms with van der Waals surface area (Å²) in [5, 5.41) is 9.97. The van der Waals surface area contributed by atoms with E-state index in [4.69, 9.17) is 0 Å². The molecular weight excluding hydrogens is 246 g/mol. The topological polar surface area (TPSA) is 20.2 Å². The lowest BCUT2D eigenvalue weighted by atomic mass is 10.00. The molecule has 1 unspecified atom stereocenters. The van der Waals surface area contributed by atoms with Crippen molar-refractivity contribution in [2.45, 2.75) is 25.9 Å². The van der Waals surface area contributed by atoms with E-state index in [1.165, 1.54) is 12.1 Å². The van der Waals surface area contributed by atoms with Crippen LogP contribution >= 0.6 is 0 Å². The van der Waals surface area contributed by atoms with Crippen molar-refractivity contribution >= 4 is 0 Å². The lowest BCUT2D eigenvalue weighted by molar-refractivity contribution is 0.174. The van der Waals surface area contributed by atoms with Gasteiger partial charge in [-0.15, -0.1) is 0 Å². The fourth-order valence-electron chi connectivity index (χ4n) is 2.14. The maximum absolute atomic E-state index is 13.5. The molecule has 0 saturated heterocycles. The Morgan fingerprint density at radius 2 is 1.79 bits per heavy atom. The van der Waals surface area contributed by atoms with Crippen molar-refractivity contribution in [3.05, 3.63) is 70.8 Å². The van der Waals surface area contributed by atoms with Crippen molar-refractivity contribution in [2.75, 3.05) is 0 Å². The predicted octanol–water partition coefficient (Wildman–Crippen LogP) is 3.42. The molecule has 1 N–H and O–H groups in total. The first-order valence-corrected chi connectivity index (χ1v) is 6.23. The van der Waals surface area contributed by atoms with Crippen molar-refractivity contribution in [1.82, 2.24) is 0 Å². The van der Waals surface area contributed by atoms with Crippen LogP contribution in [0, 0.1) is 18.6 Å². The number of hydrogen-bond acceptors (Lipinski definition) is 1. The van der Waals surface area contributed by atoms with Gasteiger partial charge in [0, 0.05) is 6.42 Å². The molecule has 1 nitrogen and oxygen atoms in total. The minimum Gasteiger partial charge on any atom is -0.392 e. The molecule has 1 atom stereocenters. The number of hydrogen-bond donors (Lipinski definition) is 1. The van der Waals surface area contributed by atoms with Crippen molar-refractivity contribution in [3.8, 4) is 0 Å². The molecular formula is C16H16F2O. The van der Waals surface area contributed by atoms with Crippen LogP contribution in [-0.2, 0) is 12.8 Å². The minimum atomic E-state index is -0.875. The summed E-state index contributed by atoms with van der Waals surface area (Å²) >= 11 is 0. The quantitative estimate of drug-likeness (QED) is 0.895. The molecule has 2 aromatic rings. The third kappa shape index (κ3) is 3.61. The van der Waals surface area contributed by atoms with Gasteiger partial charge in [-0.3, -0.25) is 0 Å². The number of aryl methyl sites for hydroxylation is 1. The van der Waals surface area contributed by atoms with Crippen molar-refractivity contribution < 1.29 is 13.9 Å². The zero-order chi connectivity index (χ0) is 13.8. The number of rotatable bonds is 4. The van der Waals surface area contributed by atoms with E-state index in [-0.39, 0.29) is 12.0 Å². The second-order valence-electron chi connectivity index (χ2n) is 4.76. The molecule has 2 rings (SSSR count). The molecule has 0 saturated carbocycles. The Hall–Kier alpha value is -1.74. The van der Waals surface area contributed by atoms with Crippen molar-refractivity contribution in [2.24, 2.45) is 0 Å². The Balaban J connectivity index is 2.05. The molecule has 0 aromatic heterocycles. The van der Waals surface area contributed by atoms with Gasteiger partial charge in [-0.25, -0.2) is 8.78 Å². The Morgan fingerprint density at radius 1 is 1.05 bits per heavy atom. The average Bonchev–Trinajstić information content (AvgIpc) is 2.35. The smallest absolute Gasteiger partial charge is 0.162 e. The highest BCUT2D eigenvalue weighted by Crippen LogP contribution is 2.15. The van der Waals surface area contributed by atoms with Gasteiger partial charge in [0.25, 0.3) is 0 Å². The maximum Gasteiger partial charge on any atom is 0.162 e. The van der Waals surface area contributed by atoms with Gasteiger partial charge in [0.2, 0.25) is 0 Å². The molecule has 0 bridgehead atoms. The number of halogens is 2. The molecule has 2 aromatic carbocycles. The normalized spacial score (nSPS) is 12.4. The average molecular weight is 262 g/mol. The summed E-state index contributed by atoms with van der Waals surface area (Å²) in [7, 11) is 0. The van der Waals surface area contributed by atoms with E-state index >= 15 is 0 Å². The van der Waals surface area contributed by atoms with Gasteiger partial charge < -0.3 is 5.11 Å². The fourth-order valence-corrected chi connectivity index (χ4v) is 2.14. The SMILES string of the molecule is Cc1cccc(CC(O)Cc2cccc(F)c2F)c1. The Bertz CT molecular complexity index is 566. The van der Waals surface area contributed by atoms with Crippen molar-refractivity contribution in [3.63, 3.8) is 0 Å². The monoisotopic (exact) mass is 262 g/mol. The highest BCUT2D eigenvalue weighted by atomic mass is 19.2. The van der Waals surface area contributed by atoms with E-state index in [0.29, 0.717) is 6.42 Å². The molecule has 0 amide bonds. The van der Waals surface area contributed by atoms with Gasteiger partial charge in [0.15, 0.2) is 11.6 Å². The first-order valence-electron chi connectivity index (χ1n) is 6.23. The molecule has 0 radical (unpaired) electrons. The summed E-state index contributed by atoms with van der Waals surface area (Å²) in [6.07, 6.45) is -0.187. The summed E-state index contributed by atoms with van der Waals surface area (Å²) in [4.78, 5) is 0. The van der Waals surface area contributed by atoms with Gasteiger partial charge in [0.05, 0.1) is 6.10 Å². The van der Waals surface area contributed by atoms with Crippen LogP contribution in [0.2, 0.25) is 0 Å². The van der Waals surface area contributed by atoms with Gasteiger partial charge in [-0.1, -0.05) is 42.0 Å². The summed E-state index contributed by atoms with van der Waals surface area (Å²) in [5.74, 6) is -1.74. The Morgan fingerprint density at radius 3 is 2.53 bits per heavy atom. The van der Waals surface area contributed by atoms with Crippen molar-refractivity contribution in [1.29, 1.82) is 0 Å². The highest BCUT2D eigenvalue weighted by Gasteiger charge is 2.13. The van der Waals surface area contributed by atoms with Crippen LogP contribution < -0.4 is 0 Å². The second kappa shape index (κ2) is 5.93. The molecule has 0 fully saturated rings. The summed E-state index contributed by atoms with van der Waals surface area (Å²) in [6.45, 7) is 1.97. The van der Waals surface area contributed by atoms with Gasteiger partial charge in [-0.05, 0) is 30.5 Å². The minimum absolute atomic E-state index is 0.109. The van der Waals surface area contributed by atoms with Gasteiger partial charge >= 0.3 is 0 Å². The number of benzene rings is 2. The van der Waals surface area contributed by atoms with E-state index in [1.807, 2.05) is 31.2 Å². The van der Waals surface area contributed by atoms with Gasteiger partial charge in [-0.2, -0.15) is 0 Å². The largest absolute Gasteiger partial charge is 0.392 e. The van der Waals surface area contributed by atoms with E-state index < -0.39 is 17.7 Å². The van der Waals surface area contributed by atoms with E-state index in [1.54, 1.807) is 0 Å². The third-order valence-electron chi connectivity index (χ3n) is 3.04. The second-order valence-corrected chi connectivity index (χ2v) is 4.76. The van der Waals surface area contributed by atoms with E-state index in [9.17, 15) is 13.9 Å². The molecule has 0 aliphatic rings. The molecule has 0 aliphatic carbocycles. The van der Waals surface area contributed by atoms with Crippen LogP contribution in [0.4, 0.5) is 8.78 Å². The predicted molar refractivity (Wildman–Crippen MR) is 71.0 cm³/mol. The number of aliphatic hydroxyl groups excluding tert-OH is 1. The van der Waals surface area contributed by atoms with Crippen LogP contribution in [-0.4, -0.2) is 11.2 Å². The molecule has 0 aliphatic heterocycles. The van der Waals surface area contributed by atoms with E-state index in [2.05, 4.69) is 0 Å². The Kier molecular flexibility index (Phi) is 4.27. The molecule has 19 heavy (non-hydrogen) atoms. The van der Waals surface area contributed by atoms with Crippen LogP contribution in [0.3, 0.4) is 0 Å². The lowest BCUT2D eigenvalue weighted by Crippen LogP contribution is -2.15. The number of aliphatic hydroxyl groups is 1. The zero-order valence-corrected chi connectivity index (χ0v) is 10.7.